The molecule has 0 aliphatic heterocycles. The summed E-state index contributed by atoms with van der Waals surface area (Å²) in [7, 11) is 1.86. The third kappa shape index (κ3) is 5.46. The van der Waals surface area contributed by atoms with E-state index in [1.165, 1.54) is 24.3 Å². The molecule has 2 heterocycles. The lowest BCUT2D eigenvalue weighted by molar-refractivity contribution is 0.0687. The number of rotatable bonds is 9. The number of aromatic nitrogens is 3. The van der Waals surface area contributed by atoms with Crippen molar-refractivity contribution < 1.29 is 23.4 Å². The molecule has 1 N–H and O–H groups in total. The van der Waals surface area contributed by atoms with Crippen LogP contribution in [0.3, 0.4) is 0 Å². The lowest BCUT2D eigenvalue weighted by atomic mass is 9.97. The zero-order valence-electron chi connectivity index (χ0n) is 18.5. The van der Waals surface area contributed by atoms with E-state index in [1.54, 1.807) is 48.9 Å². The highest BCUT2D eigenvalue weighted by atomic mass is 19.1. The molecule has 4 rings (SSSR count). The number of carboxylic acids is 1. The molecule has 0 bridgehead atoms. The molecule has 174 valence electrons. The fraction of sp³-hybridized carbons (Fsp3) is 0.192. The predicted octanol–water partition coefficient (Wildman–Crippen LogP) is 4.79. The van der Waals surface area contributed by atoms with Crippen LogP contribution in [0.2, 0.25) is 0 Å². The monoisotopic (exact) mass is 463 g/mol. The van der Waals surface area contributed by atoms with Gasteiger partial charge in [0.25, 0.3) is 0 Å². The summed E-state index contributed by atoms with van der Waals surface area (Å²) < 4.78 is 34.3. The normalized spacial score (nSPS) is 11.9. The van der Waals surface area contributed by atoms with Gasteiger partial charge in [0.15, 0.2) is 5.69 Å². The number of carboxylic acid groups (broad SMARTS) is 1. The number of imidazole rings is 1. The average molecular weight is 463 g/mol. The Labute approximate surface area is 195 Å². The number of hydrogen-bond donors (Lipinski definition) is 1. The van der Waals surface area contributed by atoms with Crippen LogP contribution in [0.4, 0.5) is 8.78 Å². The van der Waals surface area contributed by atoms with Crippen molar-refractivity contribution in [1.82, 2.24) is 14.5 Å². The second-order valence-corrected chi connectivity index (χ2v) is 7.93. The first-order valence-corrected chi connectivity index (χ1v) is 10.7. The van der Waals surface area contributed by atoms with Gasteiger partial charge in [-0.15, -0.1) is 0 Å². The van der Waals surface area contributed by atoms with E-state index in [9.17, 15) is 18.7 Å². The number of pyridine rings is 1. The number of nitrogens with zero attached hydrogens (tertiary/aromatic N) is 3. The number of aryl methyl sites for hydroxylation is 3. The molecule has 0 saturated heterocycles. The smallest absolute Gasteiger partial charge is 0.354 e. The van der Waals surface area contributed by atoms with Crippen molar-refractivity contribution in [2.24, 2.45) is 7.05 Å². The maximum Gasteiger partial charge on any atom is 0.354 e. The second-order valence-electron chi connectivity index (χ2n) is 7.93. The van der Waals surface area contributed by atoms with Crippen LogP contribution in [0.25, 0.3) is 0 Å². The maximum absolute atomic E-state index is 13.4. The van der Waals surface area contributed by atoms with E-state index >= 15 is 0 Å². The topological polar surface area (TPSA) is 77.2 Å². The summed E-state index contributed by atoms with van der Waals surface area (Å²) in [5.74, 6) is -1.89. The molecule has 0 saturated carbocycles. The van der Waals surface area contributed by atoms with Gasteiger partial charge in [0.05, 0.1) is 12.2 Å². The van der Waals surface area contributed by atoms with E-state index in [4.69, 9.17) is 4.74 Å². The molecule has 34 heavy (non-hydrogen) atoms. The van der Waals surface area contributed by atoms with Crippen molar-refractivity contribution in [2.75, 3.05) is 6.61 Å². The van der Waals surface area contributed by atoms with E-state index in [-0.39, 0.29) is 35.7 Å². The van der Waals surface area contributed by atoms with Gasteiger partial charge in [-0.3, -0.25) is 0 Å². The van der Waals surface area contributed by atoms with Gasteiger partial charge < -0.3 is 14.4 Å². The molecule has 2 aromatic carbocycles. The number of benzene rings is 2. The van der Waals surface area contributed by atoms with Gasteiger partial charge in [-0.05, 0) is 53.8 Å². The van der Waals surface area contributed by atoms with Crippen LogP contribution in [0.1, 0.15) is 38.8 Å². The quantitative estimate of drug-likeness (QED) is 0.386. The Morgan fingerprint density at radius 2 is 1.68 bits per heavy atom. The van der Waals surface area contributed by atoms with Crippen LogP contribution in [0.5, 0.6) is 5.88 Å². The molecule has 0 aliphatic carbocycles. The van der Waals surface area contributed by atoms with Crippen molar-refractivity contribution >= 4 is 5.97 Å². The molecule has 0 radical (unpaired) electrons. The Hall–Kier alpha value is -4.07. The van der Waals surface area contributed by atoms with Gasteiger partial charge in [-0.1, -0.05) is 30.3 Å². The van der Waals surface area contributed by atoms with E-state index in [2.05, 4.69) is 9.97 Å². The van der Waals surface area contributed by atoms with Crippen molar-refractivity contribution in [3.05, 3.63) is 113 Å². The molecular formula is C26H23F2N3O3. The van der Waals surface area contributed by atoms with Gasteiger partial charge in [-0.25, -0.2) is 23.5 Å². The van der Waals surface area contributed by atoms with Gasteiger partial charge in [0.1, 0.15) is 18.2 Å². The van der Waals surface area contributed by atoms with Gasteiger partial charge >= 0.3 is 5.97 Å². The van der Waals surface area contributed by atoms with E-state index in [1.807, 2.05) is 11.6 Å². The third-order valence-corrected chi connectivity index (χ3v) is 5.63. The van der Waals surface area contributed by atoms with Crippen molar-refractivity contribution in [1.29, 1.82) is 0 Å². The Morgan fingerprint density at radius 3 is 2.29 bits per heavy atom. The zero-order valence-corrected chi connectivity index (χ0v) is 18.5. The Kier molecular flexibility index (Phi) is 6.96. The van der Waals surface area contributed by atoms with Crippen LogP contribution in [-0.4, -0.2) is 32.2 Å². The number of carbonyl (C=O) groups is 1. The Balaban J connectivity index is 1.52. The summed E-state index contributed by atoms with van der Waals surface area (Å²) in [5, 5.41) is 9.68. The maximum atomic E-state index is 13.4. The molecule has 6 nitrogen and oxygen atoms in total. The van der Waals surface area contributed by atoms with Crippen LogP contribution >= 0.6 is 0 Å². The van der Waals surface area contributed by atoms with Crippen LogP contribution in [0.15, 0.2) is 73.2 Å². The molecule has 1 atom stereocenters. The van der Waals surface area contributed by atoms with Crippen LogP contribution in [0, 0.1) is 11.6 Å². The number of ether oxygens (including phenoxy) is 1. The summed E-state index contributed by atoms with van der Waals surface area (Å²) in [6.07, 6.45) is 4.37. The summed E-state index contributed by atoms with van der Waals surface area (Å²) in [4.78, 5) is 20.2. The number of halogens is 2. The van der Waals surface area contributed by atoms with E-state index in [0.717, 1.165) is 16.8 Å². The molecule has 0 spiro atoms. The minimum Gasteiger partial charge on any atom is -0.477 e. The summed E-state index contributed by atoms with van der Waals surface area (Å²) in [6.45, 7) is 0.159. The predicted molar refractivity (Wildman–Crippen MR) is 122 cm³/mol. The fourth-order valence-electron chi connectivity index (χ4n) is 3.79. The largest absolute Gasteiger partial charge is 0.477 e. The van der Waals surface area contributed by atoms with Gasteiger partial charge in [0.2, 0.25) is 5.88 Å². The average Bonchev–Trinajstić information content (AvgIpc) is 3.25. The summed E-state index contributed by atoms with van der Waals surface area (Å²) >= 11 is 0. The summed E-state index contributed by atoms with van der Waals surface area (Å²) in [5.41, 5.74) is 3.07. The SMILES string of the molecule is Cn1cncc1C(COc1ccc(CCc2ccc(F)cc2)c(C(=O)O)n1)c1ccc(F)cc1. The van der Waals surface area contributed by atoms with Gasteiger partial charge in [0, 0.05) is 25.0 Å². The Bertz CT molecular complexity index is 1270. The fourth-order valence-corrected chi connectivity index (χ4v) is 3.79. The van der Waals surface area contributed by atoms with Crippen molar-refractivity contribution in [3.8, 4) is 5.88 Å². The van der Waals surface area contributed by atoms with E-state index in [0.29, 0.717) is 18.4 Å². The molecule has 2 aromatic heterocycles. The zero-order chi connectivity index (χ0) is 24.1. The molecule has 8 heteroatoms. The van der Waals surface area contributed by atoms with Crippen LogP contribution in [-0.2, 0) is 19.9 Å². The summed E-state index contributed by atoms with van der Waals surface area (Å²) in [6, 6.07) is 15.6. The Morgan fingerprint density at radius 1 is 1.00 bits per heavy atom. The molecular weight excluding hydrogens is 440 g/mol. The molecule has 0 amide bonds. The number of hydrogen-bond acceptors (Lipinski definition) is 4. The minimum absolute atomic E-state index is 0.0847. The van der Waals surface area contributed by atoms with Crippen molar-refractivity contribution in [3.63, 3.8) is 0 Å². The van der Waals surface area contributed by atoms with Crippen molar-refractivity contribution in [2.45, 2.75) is 18.8 Å². The van der Waals surface area contributed by atoms with Gasteiger partial charge in [-0.2, -0.15) is 0 Å². The molecule has 0 aliphatic rings. The first-order chi connectivity index (χ1) is 16.4. The number of aromatic carboxylic acids is 1. The first kappa shape index (κ1) is 23.1. The van der Waals surface area contributed by atoms with E-state index < -0.39 is 5.97 Å². The van der Waals surface area contributed by atoms with Crippen LogP contribution < -0.4 is 4.74 Å². The molecule has 1 unspecified atom stereocenters. The molecule has 4 aromatic rings. The minimum atomic E-state index is -1.15. The highest BCUT2D eigenvalue weighted by Crippen LogP contribution is 2.26. The molecule has 0 fully saturated rings. The third-order valence-electron chi connectivity index (χ3n) is 5.63. The lowest BCUT2D eigenvalue weighted by Crippen LogP contribution is -2.16. The standard InChI is InChI=1S/C26H23F2N3O3/c1-31-16-29-14-23(31)22(18-6-11-21(28)12-7-18)15-34-24-13-8-19(25(30-24)26(32)33)5-2-17-3-9-20(27)10-4-17/h3-4,6-14,16,22H,2,5,15H2,1H3,(H,32,33). The highest BCUT2D eigenvalue weighted by Gasteiger charge is 2.20. The first-order valence-electron chi connectivity index (χ1n) is 10.7. The second kappa shape index (κ2) is 10.2. The lowest BCUT2D eigenvalue weighted by Gasteiger charge is -2.19. The highest BCUT2D eigenvalue weighted by molar-refractivity contribution is 5.87.